The van der Waals surface area contributed by atoms with Crippen LogP contribution in [0.5, 0.6) is 11.5 Å². The Balaban J connectivity index is 1.54. The van der Waals surface area contributed by atoms with Crippen molar-refractivity contribution in [3.05, 3.63) is 53.1 Å². The third kappa shape index (κ3) is 4.91. The van der Waals surface area contributed by atoms with Crippen molar-refractivity contribution < 1.29 is 9.47 Å². The maximum atomic E-state index is 6.15. The zero-order valence-corrected chi connectivity index (χ0v) is 16.6. The first-order valence-corrected chi connectivity index (χ1v) is 9.67. The van der Waals surface area contributed by atoms with Gasteiger partial charge in [0, 0.05) is 35.5 Å². The van der Waals surface area contributed by atoms with Crippen molar-refractivity contribution in [2.45, 2.75) is 11.7 Å². The second kappa shape index (κ2) is 9.59. The van der Waals surface area contributed by atoms with Crippen LogP contribution in [0.4, 0.5) is 0 Å². The third-order valence-electron chi connectivity index (χ3n) is 3.79. The lowest BCUT2D eigenvalue weighted by atomic mass is 10.2. The van der Waals surface area contributed by atoms with Crippen molar-refractivity contribution in [1.82, 2.24) is 25.5 Å². The van der Waals surface area contributed by atoms with Crippen LogP contribution < -0.4 is 14.8 Å². The highest BCUT2D eigenvalue weighted by atomic mass is 35.5. The first kappa shape index (κ1) is 19.5. The Bertz CT molecular complexity index is 875. The number of thioether (sulfide) groups is 1. The number of benzene rings is 2. The summed E-state index contributed by atoms with van der Waals surface area (Å²) in [6.07, 6.45) is 0. The van der Waals surface area contributed by atoms with Crippen molar-refractivity contribution in [2.24, 2.45) is 0 Å². The third-order valence-corrected chi connectivity index (χ3v) is 4.93. The summed E-state index contributed by atoms with van der Waals surface area (Å²) >= 11 is 7.74. The van der Waals surface area contributed by atoms with Crippen LogP contribution in [0.2, 0.25) is 5.02 Å². The van der Waals surface area contributed by atoms with Gasteiger partial charge in [0.05, 0.1) is 19.9 Å². The van der Waals surface area contributed by atoms with Gasteiger partial charge in [-0.3, -0.25) is 0 Å². The van der Waals surface area contributed by atoms with E-state index in [1.807, 2.05) is 36.4 Å². The molecule has 0 radical (unpaired) electrons. The van der Waals surface area contributed by atoms with Gasteiger partial charge in [0.2, 0.25) is 5.16 Å². The van der Waals surface area contributed by atoms with Crippen molar-refractivity contribution in [3.63, 3.8) is 0 Å². The van der Waals surface area contributed by atoms with Gasteiger partial charge in [0.1, 0.15) is 0 Å². The number of ether oxygens (including phenoxy) is 2. The Hall–Kier alpha value is -2.29. The molecule has 9 heteroatoms. The molecule has 0 aliphatic carbocycles. The van der Waals surface area contributed by atoms with Crippen LogP contribution >= 0.6 is 23.4 Å². The van der Waals surface area contributed by atoms with E-state index in [0.717, 1.165) is 28.7 Å². The number of nitrogens with one attached hydrogen (secondary N) is 1. The number of hydrogen-bond acceptors (Lipinski definition) is 7. The van der Waals surface area contributed by atoms with E-state index in [1.54, 1.807) is 36.7 Å². The Kier molecular flexibility index (Phi) is 6.92. The number of aromatic nitrogens is 4. The van der Waals surface area contributed by atoms with Crippen LogP contribution in [0, 0.1) is 0 Å². The van der Waals surface area contributed by atoms with Gasteiger partial charge >= 0.3 is 0 Å². The largest absolute Gasteiger partial charge is 0.493 e. The quantitative estimate of drug-likeness (QED) is 0.432. The molecule has 0 spiro atoms. The predicted octanol–water partition coefficient (Wildman–Crippen LogP) is 3.21. The molecule has 1 N–H and O–H groups in total. The number of methoxy groups -OCH3 is 2. The zero-order chi connectivity index (χ0) is 19.1. The molecule has 0 fully saturated rings. The second-order valence-electron chi connectivity index (χ2n) is 5.53. The molecule has 0 aliphatic heterocycles. The number of hydrogen-bond donors (Lipinski definition) is 1. The summed E-state index contributed by atoms with van der Waals surface area (Å²) < 4.78 is 12.5. The van der Waals surface area contributed by atoms with Gasteiger partial charge < -0.3 is 14.8 Å². The van der Waals surface area contributed by atoms with E-state index in [-0.39, 0.29) is 0 Å². The van der Waals surface area contributed by atoms with E-state index >= 15 is 0 Å². The minimum absolute atomic E-state index is 0.612. The molecule has 7 nitrogen and oxygen atoms in total. The van der Waals surface area contributed by atoms with E-state index in [2.05, 4.69) is 20.8 Å². The second-order valence-corrected chi connectivity index (χ2v) is 7.03. The molecule has 0 saturated heterocycles. The summed E-state index contributed by atoms with van der Waals surface area (Å²) in [6.45, 7) is 1.38. The van der Waals surface area contributed by atoms with Gasteiger partial charge in [-0.05, 0) is 28.6 Å². The average molecular weight is 406 g/mol. The first-order chi connectivity index (χ1) is 13.2. The lowest BCUT2D eigenvalue weighted by Crippen LogP contribution is -2.17. The molecule has 142 valence electrons. The predicted molar refractivity (Wildman–Crippen MR) is 106 cm³/mol. The Morgan fingerprint density at radius 3 is 2.70 bits per heavy atom. The topological polar surface area (TPSA) is 74.1 Å². The summed E-state index contributed by atoms with van der Waals surface area (Å²) in [7, 11) is 3.22. The van der Waals surface area contributed by atoms with Crippen molar-refractivity contribution >= 4 is 23.4 Å². The summed E-state index contributed by atoms with van der Waals surface area (Å²) in [6, 6.07) is 13.4. The normalized spacial score (nSPS) is 10.8. The van der Waals surface area contributed by atoms with Crippen LogP contribution in [-0.4, -0.2) is 46.7 Å². The van der Waals surface area contributed by atoms with Crippen LogP contribution in [-0.2, 0) is 6.54 Å². The van der Waals surface area contributed by atoms with Crippen molar-refractivity contribution in [1.29, 1.82) is 0 Å². The van der Waals surface area contributed by atoms with E-state index in [0.29, 0.717) is 23.1 Å². The van der Waals surface area contributed by atoms with Gasteiger partial charge in [0.15, 0.2) is 11.5 Å². The van der Waals surface area contributed by atoms with E-state index in [9.17, 15) is 0 Å². The fraction of sp³-hybridized carbons (Fsp3) is 0.278. The summed E-state index contributed by atoms with van der Waals surface area (Å²) in [5.41, 5.74) is 1.88. The SMILES string of the molecule is COc1cc(Cl)cc(CNCCSc2nnnn2-c2ccccc2)c1OC. The number of rotatable bonds is 9. The number of halogens is 1. The van der Waals surface area contributed by atoms with E-state index in [4.69, 9.17) is 21.1 Å². The Morgan fingerprint density at radius 2 is 1.96 bits per heavy atom. The van der Waals surface area contributed by atoms with E-state index in [1.165, 1.54) is 0 Å². The minimum Gasteiger partial charge on any atom is -0.493 e. The van der Waals surface area contributed by atoms with Gasteiger partial charge in [0.25, 0.3) is 0 Å². The van der Waals surface area contributed by atoms with Crippen molar-refractivity contribution in [3.8, 4) is 17.2 Å². The van der Waals surface area contributed by atoms with Crippen LogP contribution in [0.15, 0.2) is 47.6 Å². The molecule has 3 aromatic rings. The van der Waals surface area contributed by atoms with Gasteiger partial charge in [-0.2, -0.15) is 4.68 Å². The molecule has 0 atom stereocenters. The fourth-order valence-electron chi connectivity index (χ4n) is 2.58. The monoisotopic (exact) mass is 405 g/mol. The molecule has 0 bridgehead atoms. The average Bonchev–Trinajstić information content (AvgIpc) is 3.16. The highest BCUT2D eigenvalue weighted by molar-refractivity contribution is 7.99. The molecule has 3 rings (SSSR count). The summed E-state index contributed by atoms with van der Waals surface area (Å²) in [5.74, 6) is 2.13. The molecule has 0 saturated carbocycles. The number of para-hydroxylation sites is 1. The molecule has 0 aliphatic rings. The lowest BCUT2D eigenvalue weighted by Gasteiger charge is -2.14. The minimum atomic E-state index is 0.612. The van der Waals surface area contributed by atoms with Crippen LogP contribution in [0.1, 0.15) is 5.56 Å². The molecular weight excluding hydrogens is 386 g/mol. The molecule has 1 aromatic heterocycles. The van der Waals surface area contributed by atoms with Crippen LogP contribution in [0.3, 0.4) is 0 Å². The molecule has 0 amide bonds. The maximum Gasteiger partial charge on any atom is 0.214 e. The van der Waals surface area contributed by atoms with E-state index < -0.39 is 0 Å². The number of nitrogens with zero attached hydrogens (tertiary/aromatic N) is 4. The van der Waals surface area contributed by atoms with Crippen molar-refractivity contribution in [2.75, 3.05) is 26.5 Å². The summed E-state index contributed by atoms with van der Waals surface area (Å²) in [4.78, 5) is 0. The smallest absolute Gasteiger partial charge is 0.214 e. The Morgan fingerprint density at radius 1 is 1.15 bits per heavy atom. The standard InChI is InChI=1S/C18H20ClN5O2S/c1-25-16-11-14(19)10-13(17(16)26-2)12-20-8-9-27-18-21-22-23-24(18)15-6-4-3-5-7-15/h3-7,10-11,20H,8-9,12H2,1-2H3. The maximum absolute atomic E-state index is 6.15. The molecule has 27 heavy (non-hydrogen) atoms. The molecule has 2 aromatic carbocycles. The zero-order valence-electron chi connectivity index (χ0n) is 15.1. The van der Waals surface area contributed by atoms with Gasteiger partial charge in [-0.25, -0.2) is 0 Å². The lowest BCUT2D eigenvalue weighted by molar-refractivity contribution is 0.351. The van der Waals surface area contributed by atoms with Gasteiger partial charge in [-0.1, -0.05) is 41.6 Å². The fourth-order valence-corrected chi connectivity index (χ4v) is 3.59. The first-order valence-electron chi connectivity index (χ1n) is 8.30. The summed E-state index contributed by atoms with van der Waals surface area (Å²) in [5, 5.41) is 16.7. The highest BCUT2D eigenvalue weighted by Crippen LogP contribution is 2.34. The van der Waals surface area contributed by atoms with Gasteiger partial charge in [-0.15, -0.1) is 5.10 Å². The molecule has 1 heterocycles. The number of tetrazole rings is 1. The highest BCUT2D eigenvalue weighted by Gasteiger charge is 2.12. The van der Waals surface area contributed by atoms with Crippen LogP contribution in [0.25, 0.3) is 5.69 Å². The Labute approximate surface area is 167 Å². The molecular formula is C18H20ClN5O2S. The molecule has 0 unspecified atom stereocenters.